The van der Waals surface area contributed by atoms with Crippen LogP contribution in [0.5, 0.6) is 5.75 Å². The number of aryl methyl sites for hydroxylation is 1. The second kappa shape index (κ2) is 10.9. The van der Waals surface area contributed by atoms with E-state index in [1.54, 1.807) is 31.7 Å². The maximum absolute atomic E-state index is 12.5. The molecule has 2 aromatic rings. The summed E-state index contributed by atoms with van der Waals surface area (Å²) in [7, 11) is 1.65. The molecule has 0 unspecified atom stereocenters. The van der Waals surface area contributed by atoms with Gasteiger partial charge < -0.3 is 19.9 Å². The summed E-state index contributed by atoms with van der Waals surface area (Å²) in [6, 6.07) is 5.09. The molecule has 0 saturated heterocycles. The lowest BCUT2D eigenvalue weighted by Crippen LogP contribution is -2.38. The van der Waals surface area contributed by atoms with Crippen LogP contribution in [0.2, 0.25) is 0 Å². The van der Waals surface area contributed by atoms with Crippen LogP contribution in [-0.2, 0) is 13.1 Å². The van der Waals surface area contributed by atoms with E-state index in [2.05, 4.69) is 25.3 Å². The third-order valence-corrected chi connectivity index (χ3v) is 3.32. The van der Waals surface area contributed by atoms with Crippen molar-refractivity contribution in [2.45, 2.75) is 26.6 Å². The van der Waals surface area contributed by atoms with E-state index in [1.165, 1.54) is 0 Å². The summed E-state index contributed by atoms with van der Waals surface area (Å²) in [5.74, 6) is 0.747. The van der Waals surface area contributed by atoms with Gasteiger partial charge in [0, 0.05) is 44.6 Å². The molecule has 2 N–H and O–H groups in total. The van der Waals surface area contributed by atoms with Gasteiger partial charge in [0.05, 0.1) is 6.33 Å². The van der Waals surface area contributed by atoms with E-state index in [0.29, 0.717) is 24.6 Å². The maximum atomic E-state index is 12.5. The molecule has 138 valence electrons. The van der Waals surface area contributed by atoms with Crippen molar-refractivity contribution in [2.75, 3.05) is 13.6 Å². The largest absolute Gasteiger partial charge is 0.434 e. The van der Waals surface area contributed by atoms with Crippen molar-refractivity contribution in [3.05, 3.63) is 48.0 Å². The average Bonchev–Trinajstić information content (AvgIpc) is 3.06. The summed E-state index contributed by atoms with van der Waals surface area (Å²) >= 11 is 0. The minimum absolute atomic E-state index is 0. The number of hydrogen-bond acceptors (Lipinski definition) is 3. The molecule has 0 aliphatic carbocycles. The number of alkyl halides is 2. The van der Waals surface area contributed by atoms with Crippen LogP contribution in [0.1, 0.15) is 11.1 Å². The Morgan fingerprint density at radius 3 is 2.80 bits per heavy atom. The number of halogens is 3. The highest BCUT2D eigenvalue weighted by Gasteiger charge is 2.10. The number of imidazole rings is 1. The molecule has 0 amide bonds. The number of aromatic nitrogens is 2. The highest BCUT2D eigenvalue weighted by Crippen LogP contribution is 2.21. The minimum atomic E-state index is -2.85. The lowest BCUT2D eigenvalue weighted by Gasteiger charge is -2.15. The Labute approximate surface area is 162 Å². The highest BCUT2D eigenvalue weighted by molar-refractivity contribution is 14.0. The van der Waals surface area contributed by atoms with Gasteiger partial charge >= 0.3 is 6.61 Å². The zero-order chi connectivity index (χ0) is 17.4. The molecule has 0 aliphatic heterocycles. The Hall–Kier alpha value is -1.91. The van der Waals surface area contributed by atoms with E-state index in [0.717, 1.165) is 12.1 Å². The van der Waals surface area contributed by atoms with Gasteiger partial charge in [-0.1, -0.05) is 17.7 Å². The van der Waals surface area contributed by atoms with E-state index in [1.807, 2.05) is 23.8 Å². The molecule has 0 spiro atoms. The Bertz CT molecular complexity index is 665. The second-order valence-electron chi connectivity index (χ2n) is 5.14. The number of nitrogens with zero attached hydrogens (tertiary/aromatic N) is 3. The van der Waals surface area contributed by atoms with Gasteiger partial charge in [0.2, 0.25) is 0 Å². The molecule has 9 heteroatoms. The van der Waals surface area contributed by atoms with Crippen molar-refractivity contribution in [3.63, 3.8) is 0 Å². The van der Waals surface area contributed by atoms with Crippen molar-refractivity contribution >= 4 is 29.9 Å². The first-order valence-corrected chi connectivity index (χ1v) is 7.53. The standard InChI is InChI=1S/C16H21F2N5O.HI/c1-12-3-4-14(24-15(17)18)13(9-12)10-22-16(19-2)21-6-8-23-7-5-20-11-23;/h3-5,7,9,11,15H,6,8,10H2,1-2H3,(H2,19,21,22);1H. The van der Waals surface area contributed by atoms with Gasteiger partial charge in [-0.3, -0.25) is 4.99 Å². The number of benzene rings is 1. The van der Waals surface area contributed by atoms with E-state index < -0.39 is 6.61 Å². The normalized spacial score (nSPS) is 11.2. The molecule has 0 aliphatic rings. The first-order valence-electron chi connectivity index (χ1n) is 7.53. The zero-order valence-corrected chi connectivity index (χ0v) is 16.4. The lowest BCUT2D eigenvalue weighted by atomic mass is 10.1. The van der Waals surface area contributed by atoms with Crippen LogP contribution >= 0.6 is 24.0 Å². The van der Waals surface area contributed by atoms with Crippen LogP contribution in [0.25, 0.3) is 0 Å². The molecule has 0 radical (unpaired) electrons. The fourth-order valence-corrected chi connectivity index (χ4v) is 2.18. The monoisotopic (exact) mass is 465 g/mol. The summed E-state index contributed by atoms with van der Waals surface area (Å²) < 4.78 is 31.5. The van der Waals surface area contributed by atoms with Crippen LogP contribution < -0.4 is 15.4 Å². The molecule has 0 bridgehead atoms. The van der Waals surface area contributed by atoms with Crippen LogP contribution in [0.4, 0.5) is 8.78 Å². The molecule has 25 heavy (non-hydrogen) atoms. The summed E-state index contributed by atoms with van der Waals surface area (Å²) in [5, 5.41) is 6.25. The number of rotatable bonds is 7. The molecule has 0 atom stereocenters. The highest BCUT2D eigenvalue weighted by atomic mass is 127. The summed E-state index contributed by atoms with van der Waals surface area (Å²) in [6.07, 6.45) is 5.33. The maximum Gasteiger partial charge on any atom is 0.387 e. The number of nitrogens with one attached hydrogen (secondary N) is 2. The van der Waals surface area contributed by atoms with Crippen LogP contribution in [-0.4, -0.2) is 35.7 Å². The van der Waals surface area contributed by atoms with Crippen molar-refractivity contribution < 1.29 is 13.5 Å². The fourth-order valence-electron chi connectivity index (χ4n) is 2.18. The quantitative estimate of drug-likeness (QED) is 0.375. The Morgan fingerprint density at radius 1 is 1.36 bits per heavy atom. The van der Waals surface area contributed by atoms with E-state index in [-0.39, 0.29) is 29.7 Å². The van der Waals surface area contributed by atoms with E-state index >= 15 is 0 Å². The third-order valence-electron chi connectivity index (χ3n) is 3.32. The van der Waals surface area contributed by atoms with Gasteiger partial charge in [-0.15, -0.1) is 24.0 Å². The van der Waals surface area contributed by atoms with Crippen LogP contribution in [0.3, 0.4) is 0 Å². The van der Waals surface area contributed by atoms with Gasteiger partial charge in [0.15, 0.2) is 5.96 Å². The van der Waals surface area contributed by atoms with E-state index in [9.17, 15) is 8.78 Å². The van der Waals surface area contributed by atoms with Crippen molar-refractivity contribution in [1.29, 1.82) is 0 Å². The molecule has 1 aromatic heterocycles. The SMILES string of the molecule is CN=C(NCCn1ccnc1)NCc1cc(C)ccc1OC(F)F.I. The molecule has 2 rings (SSSR count). The molecule has 0 fully saturated rings. The summed E-state index contributed by atoms with van der Waals surface area (Å²) in [5.41, 5.74) is 1.62. The van der Waals surface area contributed by atoms with Crippen LogP contribution in [0.15, 0.2) is 41.9 Å². The molecule has 0 saturated carbocycles. The first kappa shape index (κ1) is 21.1. The number of guanidine groups is 1. The van der Waals surface area contributed by atoms with Gasteiger partial charge in [0.25, 0.3) is 0 Å². The Morgan fingerprint density at radius 2 is 2.16 bits per heavy atom. The molecule has 1 aromatic carbocycles. The van der Waals surface area contributed by atoms with E-state index in [4.69, 9.17) is 0 Å². The molecule has 1 heterocycles. The smallest absolute Gasteiger partial charge is 0.387 e. The van der Waals surface area contributed by atoms with Gasteiger partial charge in [-0.2, -0.15) is 8.78 Å². The van der Waals surface area contributed by atoms with Crippen molar-refractivity contribution in [2.24, 2.45) is 4.99 Å². The third kappa shape index (κ3) is 7.24. The lowest BCUT2D eigenvalue weighted by molar-refractivity contribution is -0.0504. The Balaban J connectivity index is 0.00000312. The van der Waals surface area contributed by atoms with Crippen molar-refractivity contribution in [3.8, 4) is 5.75 Å². The van der Waals surface area contributed by atoms with Crippen LogP contribution in [0, 0.1) is 6.92 Å². The predicted octanol–water partition coefficient (Wildman–Crippen LogP) is 2.78. The number of ether oxygens (including phenoxy) is 1. The average molecular weight is 465 g/mol. The van der Waals surface area contributed by atoms with Crippen molar-refractivity contribution in [1.82, 2.24) is 20.2 Å². The molecular weight excluding hydrogens is 443 g/mol. The molecule has 6 nitrogen and oxygen atoms in total. The first-order chi connectivity index (χ1) is 11.6. The number of aliphatic imine (C=N–C) groups is 1. The second-order valence-corrected chi connectivity index (χ2v) is 5.14. The van der Waals surface area contributed by atoms with Gasteiger partial charge in [-0.25, -0.2) is 4.98 Å². The number of hydrogen-bond donors (Lipinski definition) is 2. The Kier molecular flexibility index (Phi) is 9.17. The summed E-state index contributed by atoms with van der Waals surface area (Å²) in [6.45, 7) is 0.774. The summed E-state index contributed by atoms with van der Waals surface area (Å²) in [4.78, 5) is 8.09. The van der Waals surface area contributed by atoms with Gasteiger partial charge in [0.1, 0.15) is 5.75 Å². The topological polar surface area (TPSA) is 63.5 Å². The predicted molar refractivity (Wildman–Crippen MR) is 104 cm³/mol. The minimum Gasteiger partial charge on any atom is -0.434 e. The zero-order valence-electron chi connectivity index (χ0n) is 14.1. The fraction of sp³-hybridized carbons (Fsp3) is 0.375. The molecular formula is C16H22F2IN5O. The van der Waals surface area contributed by atoms with Gasteiger partial charge in [-0.05, 0) is 13.0 Å².